The number of oxazole rings is 1. The molecule has 2 aromatic heterocycles. The molecule has 0 aliphatic rings. The Morgan fingerprint density at radius 2 is 2.11 bits per heavy atom. The number of nitrogens with two attached hydrogens (primary N) is 1. The molecule has 2 heterocycles. The van der Waals surface area contributed by atoms with Crippen LogP contribution in [-0.4, -0.2) is 10.9 Å². The Morgan fingerprint density at radius 1 is 1.37 bits per heavy atom. The van der Waals surface area contributed by atoms with Gasteiger partial charge in [-0.3, -0.25) is 10.2 Å². The van der Waals surface area contributed by atoms with Gasteiger partial charge in [0.25, 0.3) is 5.22 Å². The maximum atomic E-state index is 11.3. The van der Waals surface area contributed by atoms with Gasteiger partial charge in [0.15, 0.2) is 5.76 Å². The molecule has 0 spiro atoms. The van der Waals surface area contributed by atoms with E-state index in [4.69, 9.17) is 14.7 Å². The maximum Gasteiger partial charge on any atom is 0.300 e. The standard InChI is InChI=1S/C12H15N3O3S/c1-6-7(2)18-12(14-6)19-5-9-4-10(11(16)15-13)17-8(9)3/h4H,5,13H2,1-3H3,(H,15,16). The number of nitrogen functional groups attached to an aromatic ring is 1. The van der Waals surface area contributed by atoms with Crippen molar-refractivity contribution in [1.82, 2.24) is 10.4 Å². The zero-order chi connectivity index (χ0) is 14.0. The highest BCUT2D eigenvalue weighted by Crippen LogP contribution is 2.26. The minimum atomic E-state index is -0.442. The van der Waals surface area contributed by atoms with Crippen molar-refractivity contribution in [3.05, 3.63) is 34.6 Å². The zero-order valence-corrected chi connectivity index (χ0v) is 11.8. The number of thioether (sulfide) groups is 1. The van der Waals surface area contributed by atoms with Crippen molar-refractivity contribution in [3.63, 3.8) is 0 Å². The summed E-state index contributed by atoms with van der Waals surface area (Å²) in [5, 5.41) is 0.612. The second kappa shape index (κ2) is 5.50. The molecule has 102 valence electrons. The summed E-state index contributed by atoms with van der Waals surface area (Å²) in [4.78, 5) is 15.6. The van der Waals surface area contributed by atoms with Gasteiger partial charge in [-0.1, -0.05) is 11.8 Å². The van der Waals surface area contributed by atoms with Gasteiger partial charge in [0.2, 0.25) is 0 Å². The second-order valence-corrected chi connectivity index (χ2v) is 5.00. The van der Waals surface area contributed by atoms with Crippen molar-refractivity contribution in [3.8, 4) is 0 Å². The van der Waals surface area contributed by atoms with Crippen LogP contribution in [0.2, 0.25) is 0 Å². The van der Waals surface area contributed by atoms with Crippen molar-refractivity contribution < 1.29 is 13.6 Å². The first kappa shape index (κ1) is 13.7. The Labute approximate surface area is 114 Å². The van der Waals surface area contributed by atoms with Crippen molar-refractivity contribution in [1.29, 1.82) is 0 Å². The third-order valence-electron chi connectivity index (χ3n) is 2.74. The Bertz CT molecular complexity index is 584. The minimum Gasteiger partial charge on any atom is -0.456 e. The van der Waals surface area contributed by atoms with Crippen LogP contribution in [0.3, 0.4) is 0 Å². The maximum absolute atomic E-state index is 11.3. The largest absolute Gasteiger partial charge is 0.456 e. The minimum absolute atomic E-state index is 0.204. The average Bonchev–Trinajstić information content (AvgIpc) is 2.90. The molecule has 0 aliphatic heterocycles. The molecule has 0 saturated carbocycles. The molecule has 2 aromatic rings. The molecule has 0 fully saturated rings. The topological polar surface area (TPSA) is 94.3 Å². The fourth-order valence-corrected chi connectivity index (χ4v) is 2.44. The molecule has 0 aromatic carbocycles. The molecule has 2 rings (SSSR count). The Hall–Kier alpha value is -1.73. The lowest BCUT2D eigenvalue weighted by atomic mass is 10.3. The smallest absolute Gasteiger partial charge is 0.300 e. The van der Waals surface area contributed by atoms with Gasteiger partial charge in [0.05, 0.1) is 5.69 Å². The van der Waals surface area contributed by atoms with Gasteiger partial charge in [0.1, 0.15) is 11.5 Å². The Morgan fingerprint density at radius 3 is 2.68 bits per heavy atom. The first-order valence-corrected chi connectivity index (χ1v) is 6.67. The molecular formula is C12H15N3O3S. The lowest BCUT2D eigenvalue weighted by molar-refractivity contribution is 0.0924. The lowest BCUT2D eigenvalue weighted by Gasteiger charge is -1.94. The third-order valence-corrected chi connectivity index (χ3v) is 3.61. The zero-order valence-electron chi connectivity index (χ0n) is 10.9. The predicted molar refractivity (Wildman–Crippen MR) is 70.6 cm³/mol. The summed E-state index contributed by atoms with van der Waals surface area (Å²) in [6.07, 6.45) is 0. The number of hydrogen-bond donors (Lipinski definition) is 2. The van der Waals surface area contributed by atoms with Crippen LogP contribution in [0, 0.1) is 20.8 Å². The third kappa shape index (κ3) is 2.99. The van der Waals surface area contributed by atoms with E-state index in [1.165, 1.54) is 11.8 Å². The fraction of sp³-hybridized carbons (Fsp3) is 0.333. The number of amides is 1. The molecule has 3 N–H and O–H groups in total. The number of aromatic nitrogens is 1. The summed E-state index contributed by atoms with van der Waals surface area (Å²) in [5.74, 6) is 6.94. The van der Waals surface area contributed by atoms with Gasteiger partial charge in [-0.15, -0.1) is 0 Å². The normalized spacial score (nSPS) is 10.7. The highest BCUT2D eigenvalue weighted by Gasteiger charge is 2.14. The molecule has 0 bridgehead atoms. The van der Waals surface area contributed by atoms with Crippen LogP contribution >= 0.6 is 11.8 Å². The summed E-state index contributed by atoms with van der Waals surface area (Å²) in [6.45, 7) is 5.57. The summed E-state index contributed by atoms with van der Waals surface area (Å²) in [7, 11) is 0. The number of rotatable bonds is 4. The number of furan rings is 1. The van der Waals surface area contributed by atoms with Gasteiger partial charge >= 0.3 is 5.91 Å². The molecule has 0 unspecified atom stereocenters. The van der Waals surface area contributed by atoms with Crippen molar-refractivity contribution in [2.45, 2.75) is 31.7 Å². The van der Waals surface area contributed by atoms with Gasteiger partial charge < -0.3 is 8.83 Å². The highest BCUT2D eigenvalue weighted by atomic mass is 32.2. The summed E-state index contributed by atoms with van der Waals surface area (Å²) in [5.41, 5.74) is 3.83. The van der Waals surface area contributed by atoms with E-state index in [1.54, 1.807) is 13.0 Å². The van der Waals surface area contributed by atoms with E-state index in [-0.39, 0.29) is 5.76 Å². The van der Waals surface area contributed by atoms with E-state index in [0.29, 0.717) is 16.7 Å². The number of hydrazine groups is 1. The van der Waals surface area contributed by atoms with Crippen LogP contribution in [-0.2, 0) is 5.75 Å². The molecule has 0 aliphatic carbocycles. The van der Waals surface area contributed by atoms with E-state index < -0.39 is 5.91 Å². The SMILES string of the molecule is Cc1nc(SCc2cc(C(=O)NN)oc2C)oc1C. The van der Waals surface area contributed by atoms with Crippen molar-refractivity contribution >= 4 is 17.7 Å². The van der Waals surface area contributed by atoms with E-state index >= 15 is 0 Å². The average molecular weight is 281 g/mol. The number of hydrogen-bond acceptors (Lipinski definition) is 6. The summed E-state index contributed by atoms with van der Waals surface area (Å²) < 4.78 is 10.8. The van der Waals surface area contributed by atoms with E-state index in [0.717, 1.165) is 17.0 Å². The van der Waals surface area contributed by atoms with Crippen molar-refractivity contribution in [2.24, 2.45) is 5.84 Å². The van der Waals surface area contributed by atoms with Crippen LogP contribution in [0.4, 0.5) is 0 Å². The molecule has 19 heavy (non-hydrogen) atoms. The van der Waals surface area contributed by atoms with Crippen LogP contribution < -0.4 is 11.3 Å². The second-order valence-electron chi connectivity index (χ2n) is 4.08. The van der Waals surface area contributed by atoms with E-state index in [1.807, 2.05) is 19.3 Å². The first-order valence-electron chi connectivity index (χ1n) is 5.68. The molecule has 6 nitrogen and oxygen atoms in total. The van der Waals surface area contributed by atoms with Gasteiger partial charge in [-0.2, -0.15) is 0 Å². The molecule has 0 saturated heterocycles. The molecule has 0 radical (unpaired) electrons. The van der Waals surface area contributed by atoms with Crippen LogP contribution in [0.25, 0.3) is 0 Å². The number of carbonyl (C=O) groups is 1. The molecular weight excluding hydrogens is 266 g/mol. The first-order chi connectivity index (χ1) is 9.01. The van der Waals surface area contributed by atoms with E-state index in [9.17, 15) is 4.79 Å². The van der Waals surface area contributed by atoms with E-state index in [2.05, 4.69) is 4.98 Å². The number of aryl methyl sites for hydroxylation is 3. The number of nitrogens with one attached hydrogen (secondary N) is 1. The van der Waals surface area contributed by atoms with Gasteiger partial charge in [0, 0.05) is 11.3 Å². The molecule has 7 heteroatoms. The van der Waals surface area contributed by atoms with Crippen LogP contribution in [0.1, 0.15) is 33.3 Å². The fourth-order valence-electron chi connectivity index (χ4n) is 1.49. The van der Waals surface area contributed by atoms with Gasteiger partial charge in [-0.25, -0.2) is 10.8 Å². The molecule has 1 amide bonds. The summed E-state index contributed by atoms with van der Waals surface area (Å²) >= 11 is 1.45. The number of nitrogens with zero attached hydrogens (tertiary/aromatic N) is 1. The molecule has 0 atom stereocenters. The monoisotopic (exact) mass is 281 g/mol. The highest BCUT2D eigenvalue weighted by molar-refractivity contribution is 7.98. The van der Waals surface area contributed by atoms with Crippen LogP contribution in [0.15, 0.2) is 20.1 Å². The van der Waals surface area contributed by atoms with Crippen LogP contribution in [0.5, 0.6) is 0 Å². The Kier molecular flexibility index (Phi) is 3.96. The van der Waals surface area contributed by atoms with Crippen molar-refractivity contribution in [2.75, 3.05) is 0 Å². The Balaban J connectivity index is 2.07. The van der Waals surface area contributed by atoms with Gasteiger partial charge in [-0.05, 0) is 26.8 Å². The number of carbonyl (C=O) groups excluding carboxylic acids is 1. The summed E-state index contributed by atoms with van der Waals surface area (Å²) in [6, 6.07) is 1.67. The quantitative estimate of drug-likeness (QED) is 0.386. The predicted octanol–water partition coefficient (Wildman–Crippen LogP) is 2.09. The lowest BCUT2D eigenvalue weighted by Crippen LogP contribution is -2.29.